The molecule has 0 heterocycles. The lowest BCUT2D eigenvalue weighted by atomic mass is 9.84. The largest absolute Gasteiger partial charge is 0.380 e. The highest BCUT2D eigenvalue weighted by Gasteiger charge is 2.23. The molecule has 4 nitrogen and oxygen atoms in total. The maximum atomic E-state index is 11.9. The maximum absolute atomic E-state index is 11.9. The summed E-state index contributed by atoms with van der Waals surface area (Å²) in [6.07, 6.45) is 3.02. The van der Waals surface area contributed by atoms with E-state index in [4.69, 9.17) is 10.5 Å². The van der Waals surface area contributed by atoms with Crippen LogP contribution in [0.2, 0.25) is 0 Å². The third-order valence-electron chi connectivity index (χ3n) is 2.70. The SMILES string of the molecule is CCCCOCCNC(=O)C(CN)CC(C)(C)C. The first-order valence-corrected chi connectivity index (χ1v) is 6.96. The molecular weight excluding hydrogens is 228 g/mol. The Kier molecular flexibility index (Phi) is 9.02. The zero-order valence-electron chi connectivity index (χ0n) is 12.4. The van der Waals surface area contributed by atoms with E-state index in [1.807, 2.05) is 0 Å². The monoisotopic (exact) mass is 258 g/mol. The molecule has 0 aliphatic heterocycles. The molecule has 0 saturated heterocycles. The van der Waals surface area contributed by atoms with E-state index in [0.29, 0.717) is 19.7 Å². The number of unbranched alkanes of at least 4 members (excludes halogenated alkanes) is 1. The number of carbonyl (C=O) groups is 1. The highest BCUT2D eigenvalue weighted by atomic mass is 16.5. The third kappa shape index (κ3) is 9.42. The van der Waals surface area contributed by atoms with Gasteiger partial charge < -0.3 is 15.8 Å². The van der Waals surface area contributed by atoms with Crippen LogP contribution in [0.1, 0.15) is 47.0 Å². The van der Waals surface area contributed by atoms with Gasteiger partial charge in [0.1, 0.15) is 0 Å². The Morgan fingerprint density at radius 1 is 1.33 bits per heavy atom. The summed E-state index contributed by atoms with van der Waals surface area (Å²) < 4.78 is 5.39. The fraction of sp³-hybridized carbons (Fsp3) is 0.929. The van der Waals surface area contributed by atoms with E-state index in [-0.39, 0.29) is 17.2 Å². The van der Waals surface area contributed by atoms with E-state index < -0.39 is 0 Å². The molecule has 108 valence electrons. The van der Waals surface area contributed by atoms with Gasteiger partial charge in [-0.05, 0) is 18.3 Å². The molecule has 4 heteroatoms. The van der Waals surface area contributed by atoms with Crippen molar-refractivity contribution in [2.45, 2.75) is 47.0 Å². The molecule has 0 bridgehead atoms. The standard InChI is InChI=1S/C14H30N2O2/c1-5-6-8-18-9-7-16-13(17)12(11-15)10-14(2,3)4/h12H,5-11,15H2,1-4H3,(H,16,17). The summed E-state index contributed by atoms with van der Waals surface area (Å²) in [7, 11) is 0. The Balaban J connectivity index is 3.77. The van der Waals surface area contributed by atoms with Crippen LogP contribution in [0.3, 0.4) is 0 Å². The maximum Gasteiger partial charge on any atom is 0.224 e. The van der Waals surface area contributed by atoms with Crippen LogP contribution in [0.4, 0.5) is 0 Å². The predicted octanol–water partition coefficient (Wildman–Crippen LogP) is 1.93. The zero-order valence-corrected chi connectivity index (χ0v) is 12.4. The Bertz CT molecular complexity index is 224. The van der Waals surface area contributed by atoms with Crippen LogP contribution in [-0.4, -0.2) is 32.2 Å². The molecule has 18 heavy (non-hydrogen) atoms. The average Bonchev–Trinajstić information content (AvgIpc) is 2.29. The van der Waals surface area contributed by atoms with Gasteiger partial charge in [-0.15, -0.1) is 0 Å². The van der Waals surface area contributed by atoms with Gasteiger partial charge in [0.05, 0.1) is 12.5 Å². The van der Waals surface area contributed by atoms with Crippen molar-refractivity contribution in [1.29, 1.82) is 0 Å². The normalized spacial score (nSPS) is 13.4. The highest BCUT2D eigenvalue weighted by molar-refractivity contribution is 5.78. The number of hydrogen-bond acceptors (Lipinski definition) is 3. The van der Waals surface area contributed by atoms with Crippen molar-refractivity contribution in [2.75, 3.05) is 26.3 Å². The quantitative estimate of drug-likeness (QED) is 0.621. The molecule has 0 spiro atoms. The minimum Gasteiger partial charge on any atom is -0.380 e. The van der Waals surface area contributed by atoms with E-state index in [9.17, 15) is 4.79 Å². The summed E-state index contributed by atoms with van der Waals surface area (Å²) in [5.41, 5.74) is 5.78. The van der Waals surface area contributed by atoms with Gasteiger partial charge >= 0.3 is 0 Å². The Hall–Kier alpha value is -0.610. The molecule has 0 radical (unpaired) electrons. The highest BCUT2D eigenvalue weighted by Crippen LogP contribution is 2.23. The number of carbonyl (C=O) groups excluding carboxylic acids is 1. The molecule has 0 rings (SSSR count). The van der Waals surface area contributed by atoms with Crippen LogP contribution in [0.5, 0.6) is 0 Å². The van der Waals surface area contributed by atoms with Crippen molar-refractivity contribution < 1.29 is 9.53 Å². The zero-order chi connectivity index (χ0) is 14.0. The molecule has 0 fully saturated rings. The van der Waals surface area contributed by atoms with Crippen LogP contribution in [0.15, 0.2) is 0 Å². The molecular formula is C14H30N2O2. The van der Waals surface area contributed by atoms with Gasteiger partial charge in [0, 0.05) is 19.7 Å². The molecule has 0 aromatic carbocycles. The smallest absolute Gasteiger partial charge is 0.224 e. The second kappa shape index (κ2) is 9.34. The van der Waals surface area contributed by atoms with E-state index >= 15 is 0 Å². The summed E-state index contributed by atoms with van der Waals surface area (Å²) in [6, 6.07) is 0. The molecule has 1 unspecified atom stereocenters. The fourth-order valence-corrected chi connectivity index (χ4v) is 1.76. The summed E-state index contributed by atoms with van der Waals surface area (Å²) in [5, 5.41) is 2.89. The van der Waals surface area contributed by atoms with Crippen LogP contribution < -0.4 is 11.1 Å². The lowest BCUT2D eigenvalue weighted by Gasteiger charge is -2.24. The summed E-state index contributed by atoms with van der Waals surface area (Å²) >= 11 is 0. The van der Waals surface area contributed by atoms with Gasteiger partial charge in [0.15, 0.2) is 0 Å². The van der Waals surface area contributed by atoms with Crippen molar-refractivity contribution in [3.63, 3.8) is 0 Å². The molecule has 0 aromatic rings. The summed E-state index contributed by atoms with van der Waals surface area (Å²) in [6.45, 7) is 10.8. The van der Waals surface area contributed by atoms with Crippen molar-refractivity contribution in [3.8, 4) is 0 Å². The predicted molar refractivity (Wildman–Crippen MR) is 75.4 cm³/mol. The number of nitrogens with two attached hydrogens (primary N) is 1. The minimum atomic E-state index is -0.0966. The first kappa shape index (κ1) is 17.4. The number of ether oxygens (including phenoxy) is 1. The molecule has 0 saturated carbocycles. The van der Waals surface area contributed by atoms with E-state index in [2.05, 4.69) is 33.0 Å². The van der Waals surface area contributed by atoms with Crippen molar-refractivity contribution in [3.05, 3.63) is 0 Å². The number of hydrogen-bond donors (Lipinski definition) is 2. The number of nitrogens with one attached hydrogen (secondary N) is 1. The molecule has 0 aliphatic rings. The van der Waals surface area contributed by atoms with Gasteiger partial charge in [-0.3, -0.25) is 4.79 Å². The Morgan fingerprint density at radius 3 is 2.50 bits per heavy atom. The average molecular weight is 258 g/mol. The second-order valence-electron chi connectivity index (χ2n) is 5.95. The lowest BCUT2D eigenvalue weighted by Crippen LogP contribution is -2.38. The molecule has 3 N–H and O–H groups in total. The summed E-state index contributed by atoms with van der Waals surface area (Å²) in [4.78, 5) is 11.9. The van der Waals surface area contributed by atoms with E-state index in [1.165, 1.54) is 0 Å². The van der Waals surface area contributed by atoms with Gasteiger partial charge in [-0.2, -0.15) is 0 Å². The van der Waals surface area contributed by atoms with Crippen LogP contribution >= 0.6 is 0 Å². The third-order valence-corrected chi connectivity index (χ3v) is 2.70. The number of rotatable bonds is 9. The van der Waals surface area contributed by atoms with Crippen LogP contribution in [0, 0.1) is 11.3 Å². The lowest BCUT2D eigenvalue weighted by molar-refractivity contribution is -0.125. The first-order chi connectivity index (χ1) is 8.40. The van der Waals surface area contributed by atoms with Crippen LogP contribution in [0.25, 0.3) is 0 Å². The second-order valence-corrected chi connectivity index (χ2v) is 5.95. The van der Waals surface area contributed by atoms with Crippen LogP contribution in [-0.2, 0) is 9.53 Å². The van der Waals surface area contributed by atoms with Crippen molar-refractivity contribution in [2.24, 2.45) is 17.1 Å². The van der Waals surface area contributed by atoms with Crippen molar-refractivity contribution >= 4 is 5.91 Å². The van der Waals surface area contributed by atoms with E-state index in [0.717, 1.165) is 25.9 Å². The first-order valence-electron chi connectivity index (χ1n) is 6.96. The summed E-state index contributed by atoms with van der Waals surface area (Å²) in [5.74, 6) is -0.0489. The molecule has 1 atom stereocenters. The van der Waals surface area contributed by atoms with Gasteiger partial charge in [-0.1, -0.05) is 34.1 Å². The minimum absolute atomic E-state index is 0.0477. The number of amides is 1. The Morgan fingerprint density at radius 2 is 2.00 bits per heavy atom. The fourth-order valence-electron chi connectivity index (χ4n) is 1.76. The Labute approximate surface area is 112 Å². The topological polar surface area (TPSA) is 64.3 Å². The van der Waals surface area contributed by atoms with Gasteiger partial charge in [0.2, 0.25) is 5.91 Å². The van der Waals surface area contributed by atoms with Gasteiger partial charge in [-0.25, -0.2) is 0 Å². The molecule has 0 aromatic heterocycles. The molecule has 1 amide bonds. The molecule has 0 aliphatic carbocycles. The van der Waals surface area contributed by atoms with E-state index in [1.54, 1.807) is 0 Å². The van der Waals surface area contributed by atoms with Gasteiger partial charge in [0.25, 0.3) is 0 Å². The van der Waals surface area contributed by atoms with Crippen molar-refractivity contribution in [1.82, 2.24) is 5.32 Å².